The van der Waals surface area contributed by atoms with Gasteiger partial charge in [0.25, 0.3) is 5.89 Å². The summed E-state index contributed by atoms with van der Waals surface area (Å²) in [6, 6.07) is 13.1. The zero-order valence-corrected chi connectivity index (χ0v) is 18.7. The van der Waals surface area contributed by atoms with Crippen molar-refractivity contribution in [2.75, 3.05) is 7.11 Å². The molecule has 5 rings (SSSR count). The summed E-state index contributed by atoms with van der Waals surface area (Å²) < 4.78 is 17.2. The van der Waals surface area contributed by atoms with Gasteiger partial charge in [0, 0.05) is 16.1 Å². The molecule has 0 spiro atoms. The van der Waals surface area contributed by atoms with Crippen LogP contribution in [0.2, 0.25) is 5.02 Å². The molecular weight excluding hydrogens is 430 g/mol. The summed E-state index contributed by atoms with van der Waals surface area (Å²) in [4.78, 5) is 10.4. The van der Waals surface area contributed by atoms with Gasteiger partial charge in [-0.05, 0) is 75.1 Å². The number of hydrogen-bond donors (Lipinski definition) is 1. The number of ether oxygens (including phenoxy) is 2. The molecule has 1 N–H and O–H groups in total. The lowest BCUT2D eigenvalue weighted by Gasteiger charge is -2.17. The van der Waals surface area contributed by atoms with E-state index in [2.05, 4.69) is 15.6 Å². The van der Waals surface area contributed by atoms with Crippen molar-refractivity contribution >= 4 is 17.3 Å². The van der Waals surface area contributed by atoms with Crippen LogP contribution in [-0.2, 0) is 10.4 Å². The van der Waals surface area contributed by atoms with Crippen molar-refractivity contribution in [1.82, 2.24) is 15.6 Å². The minimum absolute atomic E-state index is 0.232. The van der Waals surface area contributed by atoms with Crippen LogP contribution in [0.5, 0.6) is 11.5 Å². The summed E-state index contributed by atoms with van der Waals surface area (Å²) in [5.74, 6) is 2.24. The van der Waals surface area contributed by atoms with Gasteiger partial charge in [-0.15, -0.1) is 0 Å². The van der Waals surface area contributed by atoms with E-state index in [9.17, 15) is 0 Å². The molecule has 1 fully saturated rings. The Balaban J connectivity index is 1.41. The minimum atomic E-state index is -0.901. The normalized spacial score (nSPS) is 20.8. The van der Waals surface area contributed by atoms with Crippen LogP contribution in [0.25, 0.3) is 17.2 Å². The van der Waals surface area contributed by atoms with Crippen LogP contribution in [0.15, 0.2) is 53.1 Å². The molecule has 166 valence electrons. The lowest BCUT2D eigenvalue weighted by molar-refractivity contribution is -0.0319. The molecule has 32 heavy (non-hydrogen) atoms. The molecular formula is C24H24ClN3O4. The molecule has 1 unspecified atom stereocenters. The van der Waals surface area contributed by atoms with Crippen molar-refractivity contribution in [3.8, 4) is 23.0 Å². The first-order valence-corrected chi connectivity index (χ1v) is 11.0. The molecule has 1 saturated carbocycles. The molecule has 2 aromatic carbocycles. The lowest BCUT2D eigenvalue weighted by atomic mass is 10.0. The van der Waals surface area contributed by atoms with Crippen LogP contribution in [0.1, 0.15) is 44.0 Å². The number of nitrogens with one attached hydrogen (secondary N) is 1. The van der Waals surface area contributed by atoms with Crippen LogP contribution < -0.4 is 15.0 Å². The summed E-state index contributed by atoms with van der Waals surface area (Å²) in [5, 5.41) is 4.74. The van der Waals surface area contributed by atoms with Gasteiger partial charge in [-0.3, -0.25) is 10.3 Å². The highest BCUT2D eigenvalue weighted by molar-refractivity contribution is 6.30. The molecule has 0 saturated heterocycles. The van der Waals surface area contributed by atoms with E-state index in [0.29, 0.717) is 22.5 Å². The Labute approximate surface area is 191 Å². The first-order valence-electron chi connectivity index (χ1n) is 10.7. The van der Waals surface area contributed by atoms with Gasteiger partial charge >= 0.3 is 0 Å². The van der Waals surface area contributed by atoms with Gasteiger partial charge in [-0.2, -0.15) is 4.98 Å². The molecule has 2 aliphatic rings. The van der Waals surface area contributed by atoms with E-state index in [4.69, 9.17) is 30.4 Å². The SMILES string of the molecule is COc1ccc(C2=CC(C)(c3noc(-c4cccc(Cl)c4)n3)ON2)cc1OC1CCCC1. The highest BCUT2D eigenvalue weighted by Crippen LogP contribution is 2.38. The predicted molar refractivity (Wildman–Crippen MR) is 120 cm³/mol. The van der Waals surface area contributed by atoms with Gasteiger partial charge in [0.15, 0.2) is 17.1 Å². The number of hydrogen-bond acceptors (Lipinski definition) is 7. The second-order valence-electron chi connectivity index (χ2n) is 8.19. The maximum atomic E-state index is 6.22. The third-order valence-electron chi connectivity index (χ3n) is 5.80. The number of methoxy groups -OCH3 is 1. The molecule has 1 aromatic heterocycles. The quantitative estimate of drug-likeness (QED) is 0.527. The van der Waals surface area contributed by atoms with E-state index >= 15 is 0 Å². The third-order valence-corrected chi connectivity index (χ3v) is 6.04. The smallest absolute Gasteiger partial charge is 0.258 e. The summed E-state index contributed by atoms with van der Waals surface area (Å²) in [7, 11) is 1.65. The fraction of sp³-hybridized carbons (Fsp3) is 0.333. The summed E-state index contributed by atoms with van der Waals surface area (Å²) in [6.07, 6.45) is 6.71. The third kappa shape index (κ3) is 4.06. The molecule has 1 atom stereocenters. The van der Waals surface area contributed by atoms with Gasteiger partial charge in [0.2, 0.25) is 5.82 Å². The van der Waals surface area contributed by atoms with Gasteiger partial charge in [-0.25, -0.2) is 0 Å². The molecule has 2 heterocycles. The van der Waals surface area contributed by atoms with Crippen molar-refractivity contribution in [2.45, 2.75) is 44.3 Å². The van der Waals surface area contributed by atoms with Crippen molar-refractivity contribution in [2.24, 2.45) is 0 Å². The summed E-state index contributed by atoms with van der Waals surface area (Å²) >= 11 is 6.08. The van der Waals surface area contributed by atoms with Crippen LogP contribution in [0.3, 0.4) is 0 Å². The Hall–Kier alpha value is -3.03. The number of benzene rings is 2. The van der Waals surface area contributed by atoms with E-state index in [0.717, 1.165) is 35.4 Å². The summed E-state index contributed by atoms with van der Waals surface area (Å²) in [6.45, 7) is 1.87. The van der Waals surface area contributed by atoms with E-state index in [1.165, 1.54) is 12.8 Å². The second-order valence-corrected chi connectivity index (χ2v) is 8.63. The minimum Gasteiger partial charge on any atom is -0.493 e. The fourth-order valence-electron chi connectivity index (χ4n) is 4.03. The number of halogens is 1. The average Bonchev–Trinajstić information content (AvgIpc) is 3.55. The van der Waals surface area contributed by atoms with Crippen molar-refractivity contribution in [3.05, 3.63) is 65.0 Å². The molecule has 3 aromatic rings. The van der Waals surface area contributed by atoms with Crippen molar-refractivity contribution in [3.63, 3.8) is 0 Å². The average molecular weight is 454 g/mol. The fourth-order valence-corrected chi connectivity index (χ4v) is 4.22. The molecule has 8 heteroatoms. The maximum absolute atomic E-state index is 6.22. The van der Waals surface area contributed by atoms with Crippen LogP contribution in [0, 0.1) is 0 Å². The molecule has 1 aliphatic heterocycles. The number of rotatable bonds is 6. The van der Waals surface area contributed by atoms with Crippen LogP contribution >= 0.6 is 11.6 Å². The highest BCUT2D eigenvalue weighted by atomic mass is 35.5. The van der Waals surface area contributed by atoms with E-state index in [-0.39, 0.29) is 6.10 Å². The lowest BCUT2D eigenvalue weighted by Crippen LogP contribution is -2.24. The molecule has 0 radical (unpaired) electrons. The number of hydroxylamine groups is 1. The van der Waals surface area contributed by atoms with Crippen molar-refractivity contribution in [1.29, 1.82) is 0 Å². The van der Waals surface area contributed by atoms with Gasteiger partial charge in [0.1, 0.15) is 0 Å². The maximum Gasteiger partial charge on any atom is 0.258 e. The van der Waals surface area contributed by atoms with E-state index in [1.807, 2.05) is 43.3 Å². The van der Waals surface area contributed by atoms with Crippen molar-refractivity contribution < 1.29 is 18.8 Å². The standard InChI is InChI=1S/C24H24ClN3O4/c1-24(23-26-22(31-28-23)16-6-5-7-17(25)12-16)14-19(27-32-24)15-10-11-20(29-2)21(13-15)30-18-8-3-4-9-18/h5-7,10-14,18,27H,3-4,8-9H2,1-2H3. The first-order chi connectivity index (χ1) is 15.5. The van der Waals surface area contributed by atoms with Gasteiger partial charge in [0.05, 0.1) is 18.9 Å². The first kappa shape index (κ1) is 20.8. The monoisotopic (exact) mass is 453 g/mol. The molecule has 0 bridgehead atoms. The Morgan fingerprint density at radius 2 is 1.94 bits per heavy atom. The number of aromatic nitrogens is 2. The van der Waals surface area contributed by atoms with Gasteiger partial charge in [-0.1, -0.05) is 22.8 Å². The van der Waals surface area contributed by atoms with E-state index in [1.54, 1.807) is 19.2 Å². The highest BCUT2D eigenvalue weighted by Gasteiger charge is 2.37. The second kappa shape index (κ2) is 8.48. The Morgan fingerprint density at radius 1 is 1.09 bits per heavy atom. The summed E-state index contributed by atoms with van der Waals surface area (Å²) in [5.41, 5.74) is 4.56. The Kier molecular flexibility index (Phi) is 5.53. The van der Waals surface area contributed by atoms with Crippen LogP contribution in [0.4, 0.5) is 0 Å². The molecule has 0 amide bonds. The van der Waals surface area contributed by atoms with Gasteiger partial charge < -0.3 is 14.0 Å². The van der Waals surface area contributed by atoms with Crippen LogP contribution in [-0.4, -0.2) is 23.4 Å². The Bertz CT molecular complexity index is 1160. The zero-order valence-electron chi connectivity index (χ0n) is 17.9. The largest absolute Gasteiger partial charge is 0.493 e. The molecule has 7 nitrogen and oxygen atoms in total. The number of nitrogens with zero attached hydrogens (tertiary/aromatic N) is 2. The molecule has 1 aliphatic carbocycles. The Morgan fingerprint density at radius 3 is 2.72 bits per heavy atom. The predicted octanol–water partition coefficient (Wildman–Crippen LogP) is 5.51. The zero-order chi connectivity index (χ0) is 22.1. The topological polar surface area (TPSA) is 78.6 Å². The van der Waals surface area contributed by atoms with E-state index < -0.39 is 5.60 Å².